The molecule has 2 fully saturated rings. The molecule has 0 aliphatic heterocycles. The van der Waals surface area contributed by atoms with E-state index in [2.05, 4.69) is 22.8 Å². The fourth-order valence-electron chi connectivity index (χ4n) is 5.79. The van der Waals surface area contributed by atoms with Crippen molar-refractivity contribution in [2.75, 3.05) is 0 Å². The molecule has 5 heteroatoms. The van der Waals surface area contributed by atoms with Crippen LogP contribution >= 0.6 is 0 Å². The second kappa shape index (κ2) is 8.61. The monoisotopic (exact) mass is 432 g/mol. The average molecular weight is 433 g/mol. The fourth-order valence-corrected chi connectivity index (χ4v) is 5.79. The van der Waals surface area contributed by atoms with Crippen molar-refractivity contribution in [3.05, 3.63) is 64.2 Å². The standard InChI is InChI=1S/C27H32N2O3/c1-16-7-9-19(14-24(16)30)26(31)28-15-17-8-11-20-18(13-17)10-12-23(20)29-27(32)25-21-5-3-2-4-6-22(21)25/h7-9,11,13-14,21-23,25,30H,2-6,10,12,15H2,1H3,(H,28,31)(H,29,32)/t21-,22+,23?,25?. The Morgan fingerprint density at radius 3 is 2.53 bits per heavy atom. The Labute approximate surface area is 189 Å². The summed E-state index contributed by atoms with van der Waals surface area (Å²) in [6, 6.07) is 11.4. The van der Waals surface area contributed by atoms with E-state index in [-0.39, 0.29) is 29.5 Å². The molecule has 3 aliphatic carbocycles. The molecule has 2 unspecified atom stereocenters. The molecule has 5 nitrogen and oxygen atoms in total. The Hall–Kier alpha value is -2.82. The van der Waals surface area contributed by atoms with E-state index in [0.717, 1.165) is 24.0 Å². The third kappa shape index (κ3) is 4.13. The first-order valence-electron chi connectivity index (χ1n) is 12.0. The van der Waals surface area contributed by atoms with Crippen LogP contribution < -0.4 is 10.6 Å². The number of hydrogen-bond donors (Lipinski definition) is 3. The zero-order chi connectivity index (χ0) is 22.2. The summed E-state index contributed by atoms with van der Waals surface area (Å²) in [6.45, 7) is 2.24. The Morgan fingerprint density at radius 2 is 1.78 bits per heavy atom. The molecule has 2 amide bonds. The van der Waals surface area contributed by atoms with Crippen LogP contribution in [0, 0.1) is 24.7 Å². The topological polar surface area (TPSA) is 78.4 Å². The van der Waals surface area contributed by atoms with Gasteiger partial charge in [-0.1, -0.05) is 43.5 Å². The highest BCUT2D eigenvalue weighted by Crippen LogP contribution is 2.54. The number of benzene rings is 2. The van der Waals surface area contributed by atoms with Gasteiger partial charge in [0.1, 0.15) is 5.75 Å². The number of phenols is 1. The second-order valence-electron chi connectivity index (χ2n) is 9.81. The third-order valence-corrected chi connectivity index (χ3v) is 7.74. The van der Waals surface area contributed by atoms with Crippen LogP contribution in [0.3, 0.4) is 0 Å². The molecule has 5 rings (SSSR count). The smallest absolute Gasteiger partial charge is 0.251 e. The Balaban J connectivity index is 1.18. The number of carbonyl (C=O) groups is 2. The quantitative estimate of drug-likeness (QED) is 0.648. The van der Waals surface area contributed by atoms with Gasteiger partial charge >= 0.3 is 0 Å². The molecule has 32 heavy (non-hydrogen) atoms. The highest BCUT2D eigenvalue weighted by molar-refractivity contribution is 5.94. The fraction of sp³-hybridized carbons (Fsp3) is 0.481. The van der Waals surface area contributed by atoms with Gasteiger partial charge < -0.3 is 15.7 Å². The summed E-state index contributed by atoms with van der Waals surface area (Å²) in [5.41, 5.74) is 4.73. The molecule has 168 valence electrons. The van der Waals surface area contributed by atoms with E-state index in [1.54, 1.807) is 19.1 Å². The van der Waals surface area contributed by atoms with Gasteiger partial charge in [0.25, 0.3) is 5.91 Å². The number of carbonyl (C=O) groups excluding carboxylic acids is 2. The van der Waals surface area contributed by atoms with Crippen molar-refractivity contribution in [3.8, 4) is 5.75 Å². The second-order valence-corrected chi connectivity index (χ2v) is 9.81. The van der Waals surface area contributed by atoms with E-state index >= 15 is 0 Å². The van der Waals surface area contributed by atoms with Gasteiger partial charge in [-0.25, -0.2) is 0 Å². The SMILES string of the molecule is Cc1ccc(C(=O)NCc2ccc3c(c2)CCC3NC(=O)C2[C@H]3CCCCC[C@@H]23)cc1O. The molecule has 3 aliphatic rings. The first-order chi connectivity index (χ1) is 15.5. The van der Waals surface area contributed by atoms with E-state index in [0.29, 0.717) is 23.9 Å². The maximum atomic E-state index is 12.9. The molecule has 0 bridgehead atoms. The zero-order valence-electron chi connectivity index (χ0n) is 18.7. The number of phenolic OH excluding ortho intramolecular Hbond substituents is 1. The van der Waals surface area contributed by atoms with Gasteiger partial charge in [0.05, 0.1) is 6.04 Å². The minimum absolute atomic E-state index is 0.113. The normalized spacial score (nSPS) is 25.9. The van der Waals surface area contributed by atoms with E-state index in [4.69, 9.17) is 0 Å². The van der Waals surface area contributed by atoms with Gasteiger partial charge in [-0.2, -0.15) is 0 Å². The molecule has 0 saturated heterocycles. The lowest BCUT2D eigenvalue weighted by Crippen LogP contribution is -2.29. The van der Waals surface area contributed by atoms with Crippen molar-refractivity contribution < 1.29 is 14.7 Å². The van der Waals surface area contributed by atoms with Crippen molar-refractivity contribution in [1.82, 2.24) is 10.6 Å². The molecule has 0 radical (unpaired) electrons. The van der Waals surface area contributed by atoms with Crippen LogP contribution in [0.5, 0.6) is 5.75 Å². The van der Waals surface area contributed by atoms with E-state index < -0.39 is 0 Å². The first kappa shape index (κ1) is 21.0. The lowest BCUT2D eigenvalue weighted by molar-refractivity contribution is -0.123. The maximum Gasteiger partial charge on any atom is 0.251 e. The van der Waals surface area contributed by atoms with Crippen molar-refractivity contribution >= 4 is 11.8 Å². The Bertz CT molecular complexity index is 1040. The lowest BCUT2D eigenvalue weighted by Gasteiger charge is -2.15. The van der Waals surface area contributed by atoms with Crippen molar-refractivity contribution in [1.29, 1.82) is 0 Å². The largest absolute Gasteiger partial charge is 0.508 e. The summed E-state index contributed by atoms with van der Waals surface area (Å²) in [4.78, 5) is 25.3. The summed E-state index contributed by atoms with van der Waals surface area (Å²) in [6.07, 6.45) is 8.23. The summed E-state index contributed by atoms with van der Waals surface area (Å²) in [5, 5.41) is 16.1. The predicted molar refractivity (Wildman–Crippen MR) is 123 cm³/mol. The zero-order valence-corrected chi connectivity index (χ0v) is 18.7. The number of aromatic hydroxyl groups is 1. The number of fused-ring (bicyclic) bond motifs is 2. The van der Waals surface area contributed by atoms with Crippen LogP contribution in [0.25, 0.3) is 0 Å². The minimum Gasteiger partial charge on any atom is -0.508 e. The molecule has 0 heterocycles. The minimum atomic E-state index is -0.201. The van der Waals surface area contributed by atoms with Crippen LogP contribution in [0.15, 0.2) is 36.4 Å². The Kier molecular flexibility index (Phi) is 5.66. The molecule has 0 aromatic heterocycles. The molecule has 3 N–H and O–H groups in total. The number of nitrogens with one attached hydrogen (secondary N) is 2. The van der Waals surface area contributed by atoms with Crippen LogP contribution in [0.2, 0.25) is 0 Å². The van der Waals surface area contributed by atoms with Crippen LogP contribution in [-0.2, 0) is 17.8 Å². The molecule has 2 aromatic carbocycles. The highest BCUT2D eigenvalue weighted by Gasteiger charge is 2.54. The third-order valence-electron chi connectivity index (χ3n) is 7.74. The number of amides is 2. The summed E-state index contributed by atoms with van der Waals surface area (Å²) in [7, 11) is 0. The Morgan fingerprint density at radius 1 is 1.00 bits per heavy atom. The van der Waals surface area contributed by atoms with Crippen molar-refractivity contribution in [3.63, 3.8) is 0 Å². The van der Waals surface area contributed by atoms with Gasteiger partial charge in [-0.3, -0.25) is 9.59 Å². The predicted octanol–water partition coefficient (Wildman–Crippen LogP) is 4.56. The molecule has 2 saturated carbocycles. The van der Waals surface area contributed by atoms with Crippen LogP contribution in [0.1, 0.15) is 77.2 Å². The number of rotatable bonds is 5. The summed E-state index contributed by atoms with van der Waals surface area (Å²) < 4.78 is 0. The number of hydrogen-bond acceptors (Lipinski definition) is 3. The van der Waals surface area contributed by atoms with Crippen LogP contribution in [0.4, 0.5) is 0 Å². The molecule has 2 aromatic rings. The van der Waals surface area contributed by atoms with Crippen molar-refractivity contribution in [2.45, 2.75) is 64.5 Å². The summed E-state index contributed by atoms with van der Waals surface area (Å²) >= 11 is 0. The molecular formula is C27H32N2O3. The van der Waals surface area contributed by atoms with Crippen molar-refractivity contribution in [2.24, 2.45) is 17.8 Å². The number of aryl methyl sites for hydroxylation is 2. The van der Waals surface area contributed by atoms with E-state index in [1.807, 2.05) is 6.07 Å². The maximum absolute atomic E-state index is 12.9. The van der Waals surface area contributed by atoms with Crippen LogP contribution in [-0.4, -0.2) is 16.9 Å². The van der Waals surface area contributed by atoms with Gasteiger partial charge in [0.15, 0.2) is 0 Å². The molecular weight excluding hydrogens is 400 g/mol. The molecule has 0 spiro atoms. The summed E-state index contributed by atoms with van der Waals surface area (Å²) in [5.74, 6) is 1.68. The highest BCUT2D eigenvalue weighted by atomic mass is 16.3. The van der Waals surface area contributed by atoms with Gasteiger partial charge in [-0.15, -0.1) is 0 Å². The first-order valence-corrected chi connectivity index (χ1v) is 12.0. The molecule has 4 atom stereocenters. The average Bonchev–Trinajstić information content (AvgIpc) is 3.41. The van der Waals surface area contributed by atoms with Gasteiger partial charge in [0, 0.05) is 18.0 Å². The lowest BCUT2D eigenvalue weighted by atomic mass is 10.0. The van der Waals surface area contributed by atoms with E-state index in [1.165, 1.54) is 49.3 Å². The van der Waals surface area contributed by atoms with Gasteiger partial charge in [0.2, 0.25) is 5.91 Å². The van der Waals surface area contributed by atoms with Gasteiger partial charge in [-0.05, 0) is 78.8 Å². The van der Waals surface area contributed by atoms with E-state index in [9.17, 15) is 14.7 Å².